The van der Waals surface area contributed by atoms with Crippen molar-refractivity contribution < 1.29 is 13.2 Å². The Labute approximate surface area is 109 Å². The van der Waals surface area contributed by atoms with Gasteiger partial charge in [0, 0.05) is 18.6 Å². The first-order chi connectivity index (χ1) is 8.44. The Hall–Kier alpha value is -0.620. The van der Waals surface area contributed by atoms with Crippen LogP contribution < -0.4 is 5.73 Å². The molecule has 1 amide bonds. The van der Waals surface area contributed by atoms with Crippen molar-refractivity contribution in [3.8, 4) is 0 Å². The van der Waals surface area contributed by atoms with Crippen LogP contribution in [0.25, 0.3) is 0 Å². The van der Waals surface area contributed by atoms with E-state index in [0.29, 0.717) is 13.0 Å². The van der Waals surface area contributed by atoms with E-state index in [1.165, 1.54) is 0 Å². The summed E-state index contributed by atoms with van der Waals surface area (Å²) in [6.45, 7) is 2.50. The minimum absolute atomic E-state index is 0.00118. The first-order valence-electron chi connectivity index (χ1n) is 6.67. The topological polar surface area (TPSA) is 80.5 Å². The van der Waals surface area contributed by atoms with Crippen LogP contribution in [-0.2, 0) is 14.6 Å². The summed E-state index contributed by atoms with van der Waals surface area (Å²) in [5.41, 5.74) is 5.73. The summed E-state index contributed by atoms with van der Waals surface area (Å²) in [6.07, 6.45) is 3.49. The standard InChI is InChI=1S/C12H22N2O3S/c1-9-3-2-4-11(7-13)14(9)12(15)10-5-6-18(16,17)8-10/h9-11H,2-8,13H2,1H3. The average Bonchev–Trinajstić information content (AvgIpc) is 2.68. The Morgan fingerprint density at radius 3 is 2.61 bits per heavy atom. The summed E-state index contributed by atoms with van der Waals surface area (Å²) in [4.78, 5) is 14.3. The van der Waals surface area contributed by atoms with E-state index in [4.69, 9.17) is 5.73 Å². The van der Waals surface area contributed by atoms with Crippen LogP contribution in [0.4, 0.5) is 0 Å². The zero-order valence-corrected chi connectivity index (χ0v) is 11.7. The molecule has 0 aliphatic carbocycles. The number of carbonyl (C=O) groups excluding carboxylic acids is 1. The van der Waals surface area contributed by atoms with Gasteiger partial charge in [0.05, 0.1) is 17.4 Å². The summed E-state index contributed by atoms with van der Waals surface area (Å²) in [5.74, 6) is -0.172. The monoisotopic (exact) mass is 274 g/mol. The van der Waals surface area contributed by atoms with Crippen molar-refractivity contribution in [2.45, 2.75) is 44.7 Å². The zero-order valence-electron chi connectivity index (χ0n) is 10.8. The van der Waals surface area contributed by atoms with Gasteiger partial charge in [-0.1, -0.05) is 0 Å². The van der Waals surface area contributed by atoms with Crippen molar-refractivity contribution in [2.24, 2.45) is 11.7 Å². The Morgan fingerprint density at radius 1 is 1.33 bits per heavy atom. The quantitative estimate of drug-likeness (QED) is 0.777. The van der Waals surface area contributed by atoms with E-state index in [9.17, 15) is 13.2 Å². The van der Waals surface area contributed by atoms with Crippen molar-refractivity contribution in [1.82, 2.24) is 4.90 Å². The minimum atomic E-state index is -3.00. The molecule has 0 radical (unpaired) electrons. The van der Waals surface area contributed by atoms with Gasteiger partial charge in [-0.25, -0.2) is 8.42 Å². The smallest absolute Gasteiger partial charge is 0.227 e. The van der Waals surface area contributed by atoms with E-state index in [1.807, 2.05) is 11.8 Å². The fourth-order valence-corrected chi connectivity index (χ4v) is 4.85. The third kappa shape index (κ3) is 2.69. The van der Waals surface area contributed by atoms with Crippen LogP contribution in [-0.4, -0.2) is 49.4 Å². The maximum absolute atomic E-state index is 12.5. The molecule has 6 heteroatoms. The lowest BCUT2D eigenvalue weighted by Crippen LogP contribution is -2.53. The fourth-order valence-electron chi connectivity index (χ4n) is 3.12. The summed E-state index contributed by atoms with van der Waals surface area (Å²) in [5, 5.41) is 0. The highest BCUT2D eigenvalue weighted by Gasteiger charge is 2.39. The van der Waals surface area contributed by atoms with E-state index in [1.54, 1.807) is 0 Å². The molecule has 2 fully saturated rings. The highest BCUT2D eigenvalue weighted by atomic mass is 32.2. The summed E-state index contributed by atoms with van der Waals surface area (Å²) in [6, 6.07) is 0.271. The second-order valence-corrected chi connectivity index (χ2v) is 7.74. The van der Waals surface area contributed by atoms with Crippen molar-refractivity contribution in [2.75, 3.05) is 18.1 Å². The van der Waals surface area contributed by atoms with Crippen LogP contribution in [0.5, 0.6) is 0 Å². The molecule has 0 aromatic carbocycles. The van der Waals surface area contributed by atoms with Gasteiger partial charge in [0.1, 0.15) is 0 Å². The molecule has 2 aliphatic heterocycles. The lowest BCUT2D eigenvalue weighted by molar-refractivity contribution is -0.141. The van der Waals surface area contributed by atoms with E-state index >= 15 is 0 Å². The number of hydrogen-bond donors (Lipinski definition) is 1. The first kappa shape index (κ1) is 13.8. The maximum atomic E-state index is 12.5. The molecule has 2 N–H and O–H groups in total. The van der Waals surface area contributed by atoms with Crippen LogP contribution in [0, 0.1) is 5.92 Å². The minimum Gasteiger partial charge on any atom is -0.335 e. The number of nitrogens with zero attached hydrogens (tertiary/aromatic N) is 1. The van der Waals surface area contributed by atoms with Crippen LogP contribution in [0.2, 0.25) is 0 Å². The summed E-state index contributed by atoms with van der Waals surface area (Å²) < 4.78 is 22.9. The van der Waals surface area contributed by atoms with Gasteiger partial charge in [-0.15, -0.1) is 0 Å². The van der Waals surface area contributed by atoms with Gasteiger partial charge in [0.2, 0.25) is 5.91 Å². The molecule has 0 saturated carbocycles. The molecule has 3 atom stereocenters. The Bertz CT molecular complexity index is 421. The molecule has 104 valence electrons. The molecule has 0 spiro atoms. The number of amides is 1. The Balaban J connectivity index is 2.11. The normalized spacial score (nSPS) is 35.7. The molecule has 0 aromatic heterocycles. The van der Waals surface area contributed by atoms with Crippen LogP contribution in [0.15, 0.2) is 0 Å². The van der Waals surface area contributed by atoms with Gasteiger partial charge in [-0.05, 0) is 32.6 Å². The van der Waals surface area contributed by atoms with E-state index < -0.39 is 9.84 Å². The van der Waals surface area contributed by atoms with Crippen molar-refractivity contribution in [1.29, 1.82) is 0 Å². The molecule has 0 bridgehead atoms. The highest BCUT2D eigenvalue weighted by molar-refractivity contribution is 7.91. The van der Waals surface area contributed by atoms with E-state index in [2.05, 4.69) is 0 Å². The van der Waals surface area contributed by atoms with E-state index in [-0.39, 0.29) is 35.4 Å². The number of piperidine rings is 1. The van der Waals surface area contributed by atoms with Crippen molar-refractivity contribution in [3.05, 3.63) is 0 Å². The number of hydrogen-bond acceptors (Lipinski definition) is 4. The molecule has 2 aliphatic rings. The summed E-state index contributed by atoms with van der Waals surface area (Å²) >= 11 is 0. The van der Waals surface area contributed by atoms with Gasteiger partial charge >= 0.3 is 0 Å². The number of sulfone groups is 1. The lowest BCUT2D eigenvalue weighted by atomic mass is 9.94. The SMILES string of the molecule is CC1CCCC(CN)N1C(=O)C1CCS(=O)(=O)C1. The number of nitrogens with two attached hydrogens (primary N) is 1. The van der Waals surface area contributed by atoms with Crippen LogP contribution >= 0.6 is 0 Å². The van der Waals surface area contributed by atoms with Crippen LogP contribution in [0.3, 0.4) is 0 Å². The van der Waals surface area contributed by atoms with Gasteiger partial charge < -0.3 is 10.6 Å². The van der Waals surface area contributed by atoms with Gasteiger partial charge in [0.25, 0.3) is 0 Å². The molecule has 0 aromatic rings. The predicted molar refractivity (Wildman–Crippen MR) is 69.8 cm³/mol. The Morgan fingerprint density at radius 2 is 2.06 bits per heavy atom. The molecule has 5 nitrogen and oxygen atoms in total. The van der Waals surface area contributed by atoms with Crippen molar-refractivity contribution in [3.63, 3.8) is 0 Å². The number of carbonyl (C=O) groups is 1. The third-order valence-electron chi connectivity index (χ3n) is 4.14. The number of rotatable bonds is 2. The van der Waals surface area contributed by atoms with E-state index in [0.717, 1.165) is 19.3 Å². The lowest BCUT2D eigenvalue weighted by Gasteiger charge is -2.41. The van der Waals surface area contributed by atoms with Gasteiger partial charge in [-0.3, -0.25) is 4.79 Å². The molecule has 2 saturated heterocycles. The zero-order chi connectivity index (χ0) is 13.3. The Kier molecular flexibility index (Phi) is 3.96. The molecular formula is C12H22N2O3S. The predicted octanol–water partition coefficient (Wildman–Crippen LogP) is 0.149. The molecule has 2 rings (SSSR count). The van der Waals surface area contributed by atoms with Gasteiger partial charge in [0.15, 0.2) is 9.84 Å². The van der Waals surface area contributed by atoms with Gasteiger partial charge in [-0.2, -0.15) is 0 Å². The maximum Gasteiger partial charge on any atom is 0.227 e. The second-order valence-electron chi connectivity index (χ2n) is 5.51. The summed E-state index contributed by atoms with van der Waals surface area (Å²) in [7, 11) is -3.00. The van der Waals surface area contributed by atoms with Crippen molar-refractivity contribution >= 4 is 15.7 Å². The fraction of sp³-hybridized carbons (Fsp3) is 0.917. The molecular weight excluding hydrogens is 252 g/mol. The molecule has 2 heterocycles. The number of likely N-dealkylation sites (tertiary alicyclic amines) is 1. The molecule has 3 unspecified atom stereocenters. The molecule has 18 heavy (non-hydrogen) atoms. The average molecular weight is 274 g/mol. The largest absolute Gasteiger partial charge is 0.335 e. The first-order valence-corrected chi connectivity index (χ1v) is 8.49. The highest BCUT2D eigenvalue weighted by Crippen LogP contribution is 2.28. The second kappa shape index (κ2) is 5.17. The third-order valence-corrected chi connectivity index (χ3v) is 5.90. The van der Waals surface area contributed by atoms with Crippen LogP contribution in [0.1, 0.15) is 32.6 Å².